The second kappa shape index (κ2) is 7.51. The van der Waals surface area contributed by atoms with E-state index in [9.17, 15) is 9.59 Å². The number of carbonyl (C=O) groups excluding carboxylic acids is 2. The lowest BCUT2D eigenvalue weighted by atomic mass is 9.68. The van der Waals surface area contributed by atoms with E-state index in [2.05, 4.69) is 10.4 Å². The number of nitrogens with zero attached hydrogens (tertiary/aromatic N) is 2. The average Bonchev–Trinajstić information content (AvgIpc) is 3.28. The molecule has 33 heavy (non-hydrogen) atoms. The predicted molar refractivity (Wildman–Crippen MR) is 122 cm³/mol. The zero-order valence-corrected chi connectivity index (χ0v) is 18.6. The van der Waals surface area contributed by atoms with Crippen molar-refractivity contribution in [3.8, 4) is 11.6 Å². The lowest BCUT2D eigenvalue weighted by molar-refractivity contribution is -0.140. The van der Waals surface area contributed by atoms with E-state index in [4.69, 9.17) is 15.2 Å². The summed E-state index contributed by atoms with van der Waals surface area (Å²) in [6.45, 7) is 5.66. The summed E-state index contributed by atoms with van der Waals surface area (Å²) in [5, 5.41) is 7.63. The molecule has 0 radical (unpaired) electrons. The summed E-state index contributed by atoms with van der Waals surface area (Å²) in [4.78, 5) is 27.1. The van der Waals surface area contributed by atoms with Crippen LogP contribution in [0.1, 0.15) is 36.2 Å². The van der Waals surface area contributed by atoms with Crippen LogP contribution in [-0.2, 0) is 26.2 Å². The molecule has 5 rings (SSSR count). The molecule has 0 saturated heterocycles. The highest BCUT2D eigenvalue weighted by molar-refractivity contribution is 6.17. The van der Waals surface area contributed by atoms with E-state index < -0.39 is 17.3 Å². The zero-order chi connectivity index (χ0) is 23.3. The van der Waals surface area contributed by atoms with Crippen molar-refractivity contribution in [1.29, 1.82) is 0 Å². The molecule has 2 aliphatic heterocycles. The highest BCUT2D eigenvalue weighted by Gasteiger charge is 2.60. The molecule has 1 amide bonds. The van der Waals surface area contributed by atoms with Gasteiger partial charge in [-0.25, -0.2) is 9.48 Å². The SMILES string of the molecule is CCOC(=O)C1=C(N)Oc2c(c(C)nn2-c2ccccc2)C12C(=O)Nc1ccc(CC)cc12. The zero-order valence-electron chi connectivity index (χ0n) is 18.6. The van der Waals surface area contributed by atoms with Gasteiger partial charge in [-0.3, -0.25) is 4.79 Å². The minimum absolute atomic E-state index is 0.0305. The maximum absolute atomic E-state index is 13.8. The number of hydrogen-bond acceptors (Lipinski definition) is 6. The van der Waals surface area contributed by atoms with E-state index in [1.165, 1.54) is 0 Å². The minimum atomic E-state index is -1.54. The highest BCUT2D eigenvalue weighted by atomic mass is 16.5. The van der Waals surface area contributed by atoms with Crippen LogP contribution in [0.15, 0.2) is 60.0 Å². The largest absolute Gasteiger partial charge is 0.462 e. The van der Waals surface area contributed by atoms with Gasteiger partial charge in [-0.2, -0.15) is 5.10 Å². The second-order valence-corrected chi connectivity index (χ2v) is 8.01. The van der Waals surface area contributed by atoms with Crippen LogP contribution in [0.3, 0.4) is 0 Å². The van der Waals surface area contributed by atoms with Crippen LogP contribution >= 0.6 is 0 Å². The first-order chi connectivity index (χ1) is 15.9. The van der Waals surface area contributed by atoms with Gasteiger partial charge in [-0.1, -0.05) is 37.3 Å². The van der Waals surface area contributed by atoms with E-state index in [0.717, 1.165) is 17.7 Å². The third-order valence-corrected chi connectivity index (χ3v) is 6.19. The van der Waals surface area contributed by atoms with Gasteiger partial charge in [0.1, 0.15) is 11.0 Å². The summed E-state index contributed by atoms with van der Waals surface area (Å²) in [5.41, 5.74) is 8.84. The van der Waals surface area contributed by atoms with E-state index in [0.29, 0.717) is 28.4 Å². The molecule has 0 fully saturated rings. The van der Waals surface area contributed by atoms with Crippen LogP contribution in [0.2, 0.25) is 0 Å². The van der Waals surface area contributed by atoms with Crippen molar-refractivity contribution >= 4 is 17.6 Å². The average molecular weight is 444 g/mol. The third kappa shape index (κ3) is 2.80. The second-order valence-electron chi connectivity index (χ2n) is 8.01. The van der Waals surface area contributed by atoms with Gasteiger partial charge in [0.2, 0.25) is 17.7 Å². The predicted octanol–water partition coefficient (Wildman–Crippen LogP) is 3.11. The molecular weight excluding hydrogens is 420 g/mol. The van der Waals surface area contributed by atoms with Crippen molar-refractivity contribution in [3.63, 3.8) is 0 Å². The minimum Gasteiger partial charge on any atom is -0.462 e. The number of benzene rings is 2. The number of fused-ring (bicyclic) bond motifs is 4. The fourth-order valence-electron chi connectivity index (χ4n) is 4.76. The standard InChI is InChI=1S/C25H24N4O4/c1-4-15-11-12-18-17(13-15)25(24(31)27-18)19-14(3)28-29(16-9-7-6-8-10-16)22(19)33-21(26)20(25)23(30)32-5-2/h6-13H,4-5,26H2,1-3H3,(H,27,31). The van der Waals surface area contributed by atoms with Crippen molar-refractivity contribution in [2.45, 2.75) is 32.6 Å². The van der Waals surface area contributed by atoms with Gasteiger partial charge in [-0.15, -0.1) is 0 Å². The van der Waals surface area contributed by atoms with Crippen LogP contribution in [-0.4, -0.2) is 28.3 Å². The Kier molecular flexibility index (Phi) is 4.74. The molecule has 3 aromatic rings. The Morgan fingerprint density at radius 2 is 1.97 bits per heavy atom. The fraction of sp³-hybridized carbons (Fsp3) is 0.240. The Balaban J connectivity index is 1.88. The summed E-state index contributed by atoms with van der Waals surface area (Å²) < 4.78 is 13.0. The van der Waals surface area contributed by atoms with E-state index >= 15 is 0 Å². The molecule has 0 saturated carbocycles. The van der Waals surface area contributed by atoms with Gasteiger partial charge in [0.05, 0.1) is 23.6 Å². The van der Waals surface area contributed by atoms with E-state index in [1.807, 2.05) is 55.5 Å². The Labute approximate surface area is 191 Å². The van der Waals surface area contributed by atoms with Crippen molar-refractivity contribution in [2.75, 3.05) is 11.9 Å². The molecule has 0 aliphatic carbocycles. The molecule has 8 heteroatoms. The van der Waals surface area contributed by atoms with Crippen LogP contribution in [0.25, 0.3) is 5.69 Å². The number of rotatable bonds is 4. The molecule has 1 aromatic heterocycles. The molecule has 2 aliphatic rings. The summed E-state index contributed by atoms with van der Waals surface area (Å²) in [6.07, 6.45) is 0.761. The molecule has 1 atom stereocenters. The van der Waals surface area contributed by atoms with Gasteiger partial charge in [-0.05, 0) is 44.0 Å². The molecule has 3 heterocycles. The first-order valence-corrected chi connectivity index (χ1v) is 10.9. The molecule has 8 nitrogen and oxygen atoms in total. The first kappa shape index (κ1) is 20.8. The third-order valence-electron chi connectivity index (χ3n) is 6.19. The highest BCUT2D eigenvalue weighted by Crippen LogP contribution is 2.55. The fourth-order valence-corrected chi connectivity index (χ4v) is 4.76. The van der Waals surface area contributed by atoms with Gasteiger partial charge in [0.25, 0.3) is 0 Å². The summed E-state index contributed by atoms with van der Waals surface area (Å²) in [7, 11) is 0. The number of ether oxygens (including phenoxy) is 2. The monoisotopic (exact) mass is 444 g/mol. The Morgan fingerprint density at radius 1 is 1.21 bits per heavy atom. The number of anilines is 1. The smallest absolute Gasteiger partial charge is 0.341 e. The number of aryl methyl sites for hydroxylation is 2. The Bertz CT molecular complexity index is 1330. The van der Waals surface area contributed by atoms with Crippen LogP contribution < -0.4 is 15.8 Å². The first-order valence-electron chi connectivity index (χ1n) is 10.9. The summed E-state index contributed by atoms with van der Waals surface area (Å²) >= 11 is 0. The maximum atomic E-state index is 13.8. The van der Waals surface area contributed by atoms with Gasteiger partial charge < -0.3 is 20.5 Å². The lowest BCUT2D eigenvalue weighted by Crippen LogP contribution is -2.46. The summed E-state index contributed by atoms with van der Waals surface area (Å²) in [5.74, 6) is -0.966. The number of para-hydroxylation sites is 1. The van der Waals surface area contributed by atoms with Crippen LogP contribution in [0.5, 0.6) is 5.88 Å². The topological polar surface area (TPSA) is 108 Å². The van der Waals surface area contributed by atoms with Gasteiger partial charge >= 0.3 is 5.97 Å². The van der Waals surface area contributed by atoms with Crippen molar-refractivity contribution in [3.05, 3.63) is 82.4 Å². The number of aromatic nitrogens is 2. The number of hydrogen-bond donors (Lipinski definition) is 2. The Hall–Kier alpha value is -4.07. The Morgan fingerprint density at radius 3 is 2.67 bits per heavy atom. The molecular formula is C25H24N4O4. The normalized spacial score (nSPS) is 18.6. The molecule has 0 bridgehead atoms. The number of carbonyl (C=O) groups is 2. The molecule has 3 N–H and O–H groups in total. The quantitative estimate of drug-likeness (QED) is 0.599. The van der Waals surface area contributed by atoms with Gasteiger partial charge in [0.15, 0.2) is 0 Å². The van der Waals surface area contributed by atoms with Crippen molar-refractivity contribution in [2.24, 2.45) is 5.73 Å². The van der Waals surface area contributed by atoms with Crippen LogP contribution in [0, 0.1) is 6.92 Å². The number of esters is 1. The number of nitrogens with one attached hydrogen (secondary N) is 1. The molecule has 2 aromatic carbocycles. The molecule has 168 valence electrons. The summed E-state index contributed by atoms with van der Waals surface area (Å²) in [6, 6.07) is 15.2. The van der Waals surface area contributed by atoms with Crippen LogP contribution in [0.4, 0.5) is 5.69 Å². The molecule has 1 spiro atoms. The molecule has 1 unspecified atom stereocenters. The van der Waals surface area contributed by atoms with Crippen molar-refractivity contribution in [1.82, 2.24) is 9.78 Å². The van der Waals surface area contributed by atoms with Crippen molar-refractivity contribution < 1.29 is 19.1 Å². The maximum Gasteiger partial charge on any atom is 0.341 e. The van der Waals surface area contributed by atoms with E-state index in [1.54, 1.807) is 18.5 Å². The number of amides is 1. The lowest BCUT2D eigenvalue weighted by Gasteiger charge is -2.34. The van der Waals surface area contributed by atoms with Gasteiger partial charge in [0, 0.05) is 11.3 Å². The number of nitrogens with two attached hydrogens (primary N) is 1. The van der Waals surface area contributed by atoms with E-state index in [-0.39, 0.29) is 18.1 Å².